The van der Waals surface area contributed by atoms with Gasteiger partial charge in [0.2, 0.25) is 0 Å². The number of carbonyl (C=O) groups is 1. The van der Waals surface area contributed by atoms with Gasteiger partial charge >= 0.3 is 0 Å². The number of piperidine rings is 1. The first-order valence-corrected chi connectivity index (χ1v) is 9.61. The van der Waals surface area contributed by atoms with Crippen molar-refractivity contribution in [3.8, 4) is 0 Å². The lowest BCUT2D eigenvalue weighted by molar-refractivity contribution is -0.152. The van der Waals surface area contributed by atoms with Gasteiger partial charge in [-0.25, -0.2) is 0 Å². The van der Waals surface area contributed by atoms with Gasteiger partial charge in [-0.1, -0.05) is 6.42 Å². The summed E-state index contributed by atoms with van der Waals surface area (Å²) in [5.74, 6) is 2.37. The molecule has 4 rings (SSSR count). The SMILES string of the molecule is O=C(N1CCCC(c2nnc3n2CCCCC3)C1)C1(O)CCCC1. The van der Waals surface area contributed by atoms with Gasteiger partial charge in [-0.05, 0) is 51.4 Å². The van der Waals surface area contributed by atoms with Gasteiger partial charge in [-0.3, -0.25) is 4.79 Å². The predicted octanol–water partition coefficient (Wildman–Crippen LogP) is 2.02. The molecule has 6 heteroatoms. The van der Waals surface area contributed by atoms with Gasteiger partial charge in [-0.15, -0.1) is 10.2 Å². The van der Waals surface area contributed by atoms with Crippen molar-refractivity contribution in [2.24, 2.45) is 0 Å². The van der Waals surface area contributed by atoms with Crippen molar-refractivity contribution in [2.45, 2.75) is 82.3 Å². The standard InChI is InChI=1S/C18H28N4O2/c23-17(18(24)9-3-4-10-18)21-11-6-7-14(13-21)16-20-19-15-8-2-1-5-12-22(15)16/h14,24H,1-13H2. The number of rotatable bonds is 2. The molecule has 1 unspecified atom stereocenters. The first kappa shape index (κ1) is 16.1. The fourth-order valence-electron chi connectivity index (χ4n) is 4.65. The van der Waals surface area contributed by atoms with E-state index in [1.807, 2.05) is 4.90 Å². The molecule has 2 aliphatic heterocycles. The molecule has 0 spiro atoms. The molecule has 132 valence electrons. The van der Waals surface area contributed by atoms with Crippen LogP contribution in [0.15, 0.2) is 0 Å². The summed E-state index contributed by atoms with van der Waals surface area (Å²) >= 11 is 0. The summed E-state index contributed by atoms with van der Waals surface area (Å²) in [5.41, 5.74) is -1.11. The summed E-state index contributed by atoms with van der Waals surface area (Å²) in [6, 6.07) is 0. The second kappa shape index (κ2) is 6.47. The quantitative estimate of drug-likeness (QED) is 0.899. The van der Waals surface area contributed by atoms with Crippen LogP contribution in [0.5, 0.6) is 0 Å². The van der Waals surface area contributed by atoms with Gasteiger partial charge in [0.05, 0.1) is 0 Å². The molecule has 1 aliphatic carbocycles. The molecule has 1 saturated heterocycles. The Hall–Kier alpha value is -1.43. The van der Waals surface area contributed by atoms with Gasteiger partial charge in [0.25, 0.3) is 5.91 Å². The fourth-order valence-corrected chi connectivity index (χ4v) is 4.65. The summed E-state index contributed by atoms with van der Waals surface area (Å²) < 4.78 is 2.30. The first-order valence-electron chi connectivity index (χ1n) is 9.61. The van der Waals surface area contributed by atoms with Crippen LogP contribution in [0.1, 0.15) is 75.4 Å². The van der Waals surface area contributed by atoms with Crippen molar-refractivity contribution < 1.29 is 9.90 Å². The van der Waals surface area contributed by atoms with E-state index in [0.717, 1.165) is 56.8 Å². The van der Waals surface area contributed by atoms with E-state index in [1.54, 1.807) is 0 Å². The maximum Gasteiger partial charge on any atom is 0.254 e. The highest BCUT2D eigenvalue weighted by Crippen LogP contribution is 2.34. The number of hydrogen-bond donors (Lipinski definition) is 1. The molecule has 1 atom stereocenters. The maximum absolute atomic E-state index is 12.8. The van der Waals surface area contributed by atoms with E-state index in [0.29, 0.717) is 19.4 Å². The maximum atomic E-state index is 12.8. The van der Waals surface area contributed by atoms with E-state index in [-0.39, 0.29) is 11.8 Å². The van der Waals surface area contributed by atoms with Crippen LogP contribution in [0.4, 0.5) is 0 Å². The van der Waals surface area contributed by atoms with E-state index in [9.17, 15) is 9.90 Å². The molecule has 6 nitrogen and oxygen atoms in total. The minimum atomic E-state index is -1.11. The molecular weight excluding hydrogens is 304 g/mol. The van der Waals surface area contributed by atoms with E-state index in [2.05, 4.69) is 14.8 Å². The molecular formula is C18H28N4O2. The lowest BCUT2D eigenvalue weighted by Gasteiger charge is -2.36. The number of likely N-dealkylation sites (tertiary alicyclic amines) is 1. The summed E-state index contributed by atoms with van der Waals surface area (Å²) in [5, 5.41) is 19.5. The minimum absolute atomic E-state index is 0.0553. The van der Waals surface area contributed by atoms with Crippen LogP contribution in [0, 0.1) is 0 Å². The Labute approximate surface area is 143 Å². The second-order valence-corrected chi connectivity index (χ2v) is 7.77. The van der Waals surface area contributed by atoms with Crippen LogP contribution in [-0.2, 0) is 17.8 Å². The molecule has 3 heterocycles. The third-order valence-corrected chi connectivity index (χ3v) is 6.04. The van der Waals surface area contributed by atoms with Gasteiger partial charge in [0, 0.05) is 32.0 Å². The largest absolute Gasteiger partial charge is 0.380 e. The Kier molecular flexibility index (Phi) is 4.33. The number of hydrogen-bond acceptors (Lipinski definition) is 4. The van der Waals surface area contributed by atoms with E-state index in [1.165, 1.54) is 19.3 Å². The smallest absolute Gasteiger partial charge is 0.254 e. The Bertz CT molecular complexity index is 606. The van der Waals surface area contributed by atoms with Crippen LogP contribution in [-0.4, -0.2) is 49.4 Å². The van der Waals surface area contributed by atoms with Crippen LogP contribution < -0.4 is 0 Å². The molecule has 1 aromatic rings. The molecule has 1 N–H and O–H groups in total. The predicted molar refractivity (Wildman–Crippen MR) is 89.5 cm³/mol. The Morgan fingerprint density at radius 1 is 1.04 bits per heavy atom. The van der Waals surface area contributed by atoms with Crippen molar-refractivity contribution >= 4 is 5.91 Å². The zero-order valence-electron chi connectivity index (χ0n) is 14.4. The van der Waals surface area contributed by atoms with Gasteiger partial charge in [0.1, 0.15) is 17.2 Å². The third-order valence-electron chi connectivity index (χ3n) is 6.04. The number of carbonyl (C=O) groups excluding carboxylic acids is 1. The van der Waals surface area contributed by atoms with E-state index < -0.39 is 5.60 Å². The molecule has 1 aromatic heterocycles. The van der Waals surface area contributed by atoms with Crippen molar-refractivity contribution in [1.82, 2.24) is 19.7 Å². The molecule has 0 aromatic carbocycles. The molecule has 1 saturated carbocycles. The molecule has 24 heavy (non-hydrogen) atoms. The van der Waals surface area contributed by atoms with E-state index in [4.69, 9.17) is 0 Å². The Morgan fingerprint density at radius 3 is 2.71 bits per heavy atom. The number of nitrogens with zero attached hydrogens (tertiary/aromatic N) is 4. The Morgan fingerprint density at radius 2 is 1.88 bits per heavy atom. The van der Waals surface area contributed by atoms with Gasteiger partial charge in [0.15, 0.2) is 0 Å². The average Bonchev–Trinajstić information content (AvgIpc) is 3.15. The van der Waals surface area contributed by atoms with Crippen molar-refractivity contribution in [3.05, 3.63) is 11.6 Å². The normalized spacial score (nSPS) is 26.9. The van der Waals surface area contributed by atoms with E-state index >= 15 is 0 Å². The fraction of sp³-hybridized carbons (Fsp3) is 0.833. The van der Waals surface area contributed by atoms with Crippen molar-refractivity contribution in [2.75, 3.05) is 13.1 Å². The topological polar surface area (TPSA) is 71.2 Å². The Balaban J connectivity index is 1.51. The highest BCUT2D eigenvalue weighted by Gasteiger charge is 2.43. The molecule has 3 aliphatic rings. The summed E-state index contributed by atoms with van der Waals surface area (Å²) in [4.78, 5) is 14.7. The number of aromatic nitrogens is 3. The zero-order chi connectivity index (χ0) is 16.6. The van der Waals surface area contributed by atoms with Crippen molar-refractivity contribution in [1.29, 1.82) is 0 Å². The summed E-state index contributed by atoms with van der Waals surface area (Å²) in [6.45, 7) is 2.45. The molecule has 0 radical (unpaired) electrons. The highest BCUT2D eigenvalue weighted by molar-refractivity contribution is 5.85. The van der Waals surface area contributed by atoms with Crippen LogP contribution in [0.2, 0.25) is 0 Å². The van der Waals surface area contributed by atoms with Gasteiger partial charge < -0.3 is 14.6 Å². The minimum Gasteiger partial charge on any atom is -0.380 e. The number of amides is 1. The first-order chi connectivity index (χ1) is 11.7. The summed E-state index contributed by atoms with van der Waals surface area (Å²) in [6.07, 6.45) is 9.84. The third kappa shape index (κ3) is 2.85. The monoisotopic (exact) mass is 332 g/mol. The lowest BCUT2D eigenvalue weighted by Crippen LogP contribution is -2.50. The van der Waals surface area contributed by atoms with Crippen LogP contribution in [0.25, 0.3) is 0 Å². The van der Waals surface area contributed by atoms with Crippen LogP contribution in [0.3, 0.4) is 0 Å². The number of aliphatic hydroxyl groups is 1. The highest BCUT2D eigenvalue weighted by atomic mass is 16.3. The number of aryl methyl sites for hydroxylation is 1. The second-order valence-electron chi connectivity index (χ2n) is 7.77. The van der Waals surface area contributed by atoms with Crippen LogP contribution >= 0.6 is 0 Å². The zero-order valence-corrected chi connectivity index (χ0v) is 14.4. The molecule has 2 fully saturated rings. The lowest BCUT2D eigenvalue weighted by atomic mass is 9.93. The average molecular weight is 332 g/mol. The summed E-state index contributed by atoms with van der Waals surface area (Å²) in [7, 11) is 0. The van der Waals surface area contributed by atoms with Crippen molar-refractivity contribution in [3.63, 3.8) is 0 Å². The van der Waals surface area contributed by atoms with Gasteiger partial charge in [-0.2, -0.15) is 0 Å². The molecule has 0 bridgehead atoms. The molecule has 1 amide bonds. The number of fused-ring (bicyclic) bond motifs is 1.